The summed E-state index contributed by atoms with van der Waals surface area (Å²) in [7, 11) is 0. The Bertz CT molecular complexity index is 757. The molecule has 0 radical (unpaired) electrons. The number of furan rings is 1. The van der Waals surface area contributed by atoms with Crippen LogP contribution < -0.4 is 16.0 Å². The van der Waals surface area contributed by atoms with Gasteiger partial charge < -0.3 is 20.4 Å². The SMILES string of the molecule is CC(C)[C@@H](NC(=O)c1ccco1)C(=O)NCC(=O)Nc1ccc(Cl)cc1. The highest BCUT2D eigenvalue weighted by atomic mass is 35.5. The van der Waals surface area contributed by atoms with Crippen molar-refractivity contribution in [3.05, 3.63) is 53.4 Å². The highest BCUT2D eigenvalue weighted by Crippen LogP contribution is 2.13. The normalized spacial score (nSPS) is 11.7. The van der Waals surface area contributed by atoms with Crippen molar-refractivity contribution >= 4 is 35.0 Å². The van der Waals surface area contributed by atoms with Crippen LogP contribution >= 0.6 is 11.6 Å². The lowest BCUT2D eigenvalue weighted by Crippen LogP contribution is -2.51. The van der Waals surface area contributed by atoms with Gasteiger partial charge in [-0.2, -0.15) is 0 Å². The Kier molecular flexibility index (Phi) is 6.80. The number of benzene rings is 1. The lowest BCUT2D eigenvalue weighted by atomic mass is 10.0. The molecule has 138 valence electrons. The second-order valence-corrected chi connectivity index (χ2v) is 6.38. The minimum atomic E-state index is -0.795. The summed E-state index contributed by atoms with van der Waals surface area (Å²) in [4.78, 5) is 36.3. The Labute approximate surface area is 156 Å². The van der Waals surface area contributed by atoms with E-state index in [4.69, 9.17) is 16.0 Å². The molecule has 1 heterocycles. The third kappa shape index (κ3) is 5.63. The fourth-order valence-electron chi connectivity index (χ4n) is 2.17. The summed E-state index contributed by atoms with van der Waals surface area (Å²) in [5.74, 6) is -1.39. The Morgan fingerprint density at radius 2 is 1.81 bits per heavy atom. The molecule has 3 amide bonds. The molecule has 1 aromatic carbocycles. The van der Waals surface area contributed by atoms with Crippen LogP contribution in [0.15, 0.2) is 47.1 Å². The summed E-state index contributed by atoms with van der Waals surface area (Å²) in [6, 6.07) is 8.90. The van der Waals surface area contributed by atoms with Crippen LogP contribution in [0.2, 0.25) is 5.02 Å². The van der Waals surface area contributed by atoms with Crippen molar-refractivity contribution in [3.8, 4) is 0 Å². The fourth-order valence-corrected chi connectivity index (χ4v) is 2.30. The van der Waals surface area contributed by atoms with Gasteiger partial charge >= 0.3 is 0 Å². The number of rotatable bonds is 7. The number of hydrogen-bond donors (Lipinski definition) is 3. The largest absolute Gasteiger partial charge is 0.459 e. The topological polar surface area (TPSA) is 100 Å². The van der Waals surface area contributed by atoms with Gasteiger partial charge in [0.05, 0.1) is 12.8 Å². The average Bonchev–Trinajstić information content (AvgIpc) is 3.14. The molecule has 2 rings (SSSR count). The molecule has 1 atom stereocenters. The number of carbonyl (C=O) groups excluding carboxylic acids is 3. The molecule has 0 unspecified atom stereocenters. The lowest BCUT2D eigenvalue weighted by molar-refractivity contribution is -0.126. The molecule has 7 nitrogen and oxygen atoms in total. The van der Waals surface area contributed by atoms with Crippen LogP contribution in [0.25, 0.3) is 0 Å². The van der Waals surface area contributed by atoms with E-state index in [1.54, 1.807) is 44.2 Å². The van der Waals surface area contributed by atoms with Crippen molar-refractivity contribution in [1.82, 2.24) is 10.6 Å². The van der Waals surface area contributed by atoms with Gasteiger partial charge in [0.25, 0.3) is 5.91 Å². The van der Waals surface area contributed by atoms with Crippen LogP contribution in [0.4, 0.5) is 5.69 Å². The number of nitrogens with one attached hydrogen (secondary N) is 3. The van der Waals surface area contributed by atoms with Gasteiger partial charge in [-0.15, -0.1) is 0 Å². The van der Waals surface area contributed by atoms with Crippen LogP contribution in [-0.2, 0) is 9.59 Å². The Morgan fingerprint density at radius 1 is 1.12 bits per heavy atom. The van der Waals surface area contributed by atoms with E-state index in [9.17, 15) is 14.4 Å². The lowest BCUT2D eigenvalue weighted by Gasteiger charge is -2.21. The number of halogens is 1. The van der Waals surface area contributed by atoms with Gasteiger partial charge in [0.1, 0.15) is 6.04 Å². The zero-order valence-corrected chi connectivity index (χ0v) is 15.2. The second-order valence-electron chi connectivity index (χ2n) is 5.95. The summed E-state index contributed by atoms with van der Waals surface area (Å²) >= 11 is 5.78. The molecule has 2 aromatic rings. The predicted octanol–water partition coefficient (Wildman–Crippen LogP) is 2.44. The van der Waals surface area contributed by atoms with Crippen LogP contribution in [0.3, 0.4) is 0 Å². The Morgan fingerprint density at radius 3 is 2.38 bits per heavy atom. The van der Waals surface area contributed by atoms with E-state index >= 15 is 0 Å². The van der Waals surface area contributed by atoms with Gasteiger partial charge in [-0.25, -0.2) is 0 Å². The Hall–Kier alpha value is -2.80. The smallest absolute Gasteiger partial charge is 0.287 e. The van der Waals surface area contributed by atoms with Gasteiger partial charge in [0.15, 0.2) is 5.76 Å². The first-order valence-electron chi connectivity index (χ1n) is 8.04. The van der Waals surface area contributed by atoms with Gasteiger partial charge in [-0.1, -0.05) is 25.4 Å². The molecular weight excluding hydrogens is 358 g/mol. The predicted molar refractivity (Wildman–Crippen MR) is 97.9 cm³/mol. The molecule has 8 heteroatoms. The minimum Gasteiger partial charge on any atom is -0.459 e. The summed E-state index contributed by atoms with van der Waals surface area (Å²) in [6.45, 7) is 3.36. The molecule has 0 saturated carbocycles. The molecule has 3 N–H and O–H groups in total. The van der Waals surface area contributed by atoms with E-state index in [2.05, 4.69) is 16.0 Å². The second kappa shape index (κ2) is 9.05. The van der Waals surface area contributed by atoms with Crippen molar-refractivity contribution in [2.45, 2.75) is 19.9 Å². The van der Waals surface area contributed by atoms with Crippen molar-refractivity contribution in [3.63, 3.8) is 0 Å². The maximum atomic E-state index is 12.3. The van der Waals surface area contributed by atoms with Crippen molar-refractivity contribution in [2.75, 3.05) is 11.9 Å². The summed E-state index contributed by atoms with van der Waals surface area (Å²) in [5.41, 5.74) is 0.570. The summed E-state index contributed by atoms with van der Waals surface area (Å²) < 4.78 is 5.01. The van der Waals surface area contributed by atoms with Gasteiger partial charge in [-0.3, -0.25) is 14.4 Å². The number of carbonyl (C=O) groups is 3. The quantitative estimate of drug-likeness (QED) is 0.689. The molecule has 26 heavy (non-hydrogen) atoms. The highest BCUT2D eigenvalue weighted by Gasteiger charge is 2.25. The highest BCUT2D eigenvalue weighted by molar-refractivity contribution is 6.30. The summed E-state index contributed by atoms with van der Waals surface area (Å²) in [5, 5.41) is 8.33. The van der Waals surface area contributed by atoms with Crippen molar-refractivity contribution in [1.29, 1.82) is 0 Å². The van der Waals surface area contributed by atoms with Crippen LogP contribution in [-0.4, -0.2) is 30.3 Å². The van der Waals surface area contributed by atoms with E-state index < -0.39 is 17.9 Å². The van der Waals surface area contributed by atoms with Gasteiger partial charge in [0, 0.05) is 10.7 Å². The maximum Gasteiger partial charge on any atom is 0.287 e. The Balaban J connectivity index is 1.87. The molecule has 0 bridgehead atoms. The number of hydrogen-bond acceptors (Lipinski definition) is 4. The number of amides is 3. The van der Waals surface area contributed by atoms with Gasteiger partial charge in [0.2, 0.25) is 11.8 Å². The van der Waals surface area contributed by atoms with Gasteiger partial charge in [-0.05, 0) is 42.3 Å². The summed E-state index contributed by atoms with van der Waals surface area (Å²) in [6.07, 6.45) is 1.38. The standard InChI is InChI=1S/C18H20ClN3O4/c1-11(2)16(22-17(24)14-4-3-9-26-14)18(25)20-10-15(23)21-13-7-5-12(19)6-8-13/h3-9,11,16H,10H2,1-2H3,(H,20,25)(H,21,23)(H,22,24)/t16-/m1/s1. The monoisotopic (exact) mass is 377 g/mol. The van der Waals surface area contributed by atoms with Crippen molar-refractivity contribution in [2.24, 2.45) is 5.92 Å². The average molecular weight is 378 g/mol. The van der Waals surface area contributed by atoms with E-state index in [0.29, 0.717) is 10.7 Å². The zero-order chi connectivity index (χ0) is 19.1. The first-order valence-corrected chi connectivity index (χ1v) is 8.42. The molecule has 1 aromatic heterocycles. The van der Waals surface area contributed by atoms with Crippen molar-refractivity contribution < 1.29 is 18.8 Å². The van der Waals surface area contributed by atoms with Crippen LogP contribution in [0.1, 0.15) is 24.4 Å². The molecule has 0 aliphatic carbocycles. The third-order valence-corrected chi connectivity index (χ3v) is 3.78. The van der Waals surface area contributed by atoms with E-state index in [0.717, 1.165) is 0 Å². The third-order valence-electron chi connectivity index (χ3n) is 3.53. The molecule has 0 saturated heterocycles. The fraction of sp³-hybridized carbons (Fsp3) is 0.278. The van der Waals surface area contributed by atoms with E-state index in [1.165, 1.54) is 12.3 Å². The first kappa shape index (κ1) is 19.5. The molecule has 0 aliphatic rings. The van der Waals surface area contributed by atoms with Crippen LogP contribution in [0, 0.1) is 5.92 Å². The first-order chi connectivity index (χ1) is 12.4. The molecular formula is C18H20ClN3O4. The minimum absolute atomic E-state index is 0.115. The van der Waals surface area contributed by atoms with E-state index in [1.807, 2.05) is 0 Å². The van der Waals surface area contributed by atoms with E-state index in [-0.39, 0.29) is 24.1 Å². The maximum absolute atomic E-state index is 12.3. The molecule has 0 spiro atoms. The molecule has 0 aliphatic heterocycles. The molecule has 0 fully saturated rings. The number of anilines is 1. The van der Waals surface area contributed by atoms with Crippen LogP contribution in [0.5, 0.6) is 0 Å². The zero-order valence-electron chi connectivity index (χ0n) is 14.4.